The summed E-state index contributed by atoms with van der Waals surface area (Å²) in [5.41, 5.74) is 3.93. The summed E-state index contributed by atoms with van der Waals surface area (Å²) in [6.07, 6.45) is 0. The molecule has 6 heteroatoms. The second-order valence-electron chi connectivity index (χ2n) is 8.45. The SMILES string of the molecule is COCc1nnc2sc(-c3cc(C(C)(C)C)cc(C(C)(C)C)c3)nn12. The van der Waals surface area contributed by atoms with Crippen LogP contribution < -0.4 is 0 Å². The first-order valence-electron chi connectivity index (χ1n) is 8.46. The monoisotopic (exact) mass is 358 g/mol. The molecule has 0 aliphatic carbocycles. The van der Waals surface area contributed by atoms with E-state index in [4.69, 9.17) is 9.84 Å². The normalized spacial score (nSPS) is 12.9. The van der Waals surface area contributed by atoms with E-state index in [0.29, 0.717) is 6.61 Å². The fourth-order valence-electron chi connectivity index (χ4n) is 2.61. The first-order valence-corrected chi connectivity index (χ1v) is 9.28. The van der Waals surface area contributed by atoms with Gasteiger partial charge in [-0.3, -0.25) is 0 Å². The van der Waals surface area contributed by atoms with Crippen LogP contribution in [0, 0.1) is 0 Å². The predicted octanol–water partition coefficient (Wildman–Crippen LogP) is 4.59. The van der Waals surface area contributed by atoms with E-state index in [1.54, 1.807) is 23.0 Å². The van der Waals surface area contributed by atoms with E-state index in [9.17, 15) is 0 Å². The fourth-order valence-corrected chi connectivity index (χ4v) is 3.46. The van der Waals surface area contributed by atoms with E-state index in [1.807, 2.05) is 0 Å². The van der Waals surface area contributed by atoms with Crippen molar-refractivity contribution in [3.05, 3.63) is 35.2 Å². The van der Waals surface area contributed by atoms with Crippen molar-refractivity contribution in [3.8, 4) is 10.6 Å². The van der Waals surface area contributed by atoms with Crippen molar-refractivity contribution in [1.29, 1.82) is 0 Å². The largest absolute Gasteiger partial charge is 0.377 e. The van der Waals surface area contributed by atoms with Gasteiger partial charge < -0.3 is 4.74 Å². The highest BCUT2D eigenvalue weighted by Crippen LogP contribution is 2.35. The van der Waals surface area contributed by atoms with Gasteiger partial charge in [-0.2, -0.15) is 9.61 Å². The molecule has 0 unspecified atom stereocenters. The summed E-state index contributed by atoms with van der Waals surface area (Å²) in [6, 6.07) is 6.81. The van der Waals surface area contributed by atoms with E-state index in [-0.39, 0.29) is 10.8 Å². The second-order valence-corrected chi connectivity index (χ2v) is 9.41. The zero-order valence-electron chi connectivity index (χ0n) is 16.0. The van der Waals surface area contributed by atoms with Gasteiger partial charge in [0, 0.05) is 12.7 Å². The van der Waals surface area contributed by atoms with Crippen LogP contribution in [0.25, 0.3) is 15.5 Å². The Bertz CT molecular complexity index is 864. The van der Waals surface area contributed by atoms with E-state index in [0.717, 1.165) is 21.4 Å². The Morgan fingerprint density at radius 1 is 0.960 bits per heavy atom. The summed E-state index contributed by atoms with van der Waals surface area (Å²) in [6.45, 7) is 13.9. The molecule has 2 aromatic heterocycles. The highest BCUT2D eigenvalue weighted by molar-refractivity contribution is 7.19. The van der Waals surface area contributed by atoms with E-state index in [1.165, 1.54) is 11.1 Å². The topological polar surface area (TPSA) is 52.3 Å². The molecule has 0 saturated heterocycles. The summed E-state index contributed by atoms with van der Waals surface area (Å²) in [5.74, 6) is 0.725. The van der Waals surface area contributed by atoms with Gasteiger partial charge in [-0.25, -0.2) is 0 Å². The van der Waals surface area contributed by atoms with Gasteiger partial charge in [0.1, 0.15) is 11.6 Å². The van der Waals surface area contributed by atoms with Crippen LogP contribution in [0.1, 0.15) is 58.5 Å². The maximum absolute atomic E-state index is 5.18. The van der Waals surface area contributed by atoms with Gasteiger partial charge in [0.25, 0.3) is 0 Å². The molecule has 0 fully saturated rings. The second kappa shape index (κ2) is 6.18. The Morgan fingerprint density at radius 2 is 1.56 bits per heavy atom. The summed E-state index contributed by atoms with van der Waals surface area (Å²) in [5, 5.41) is 14.0. The molecule has 5 nitrogen and oxygen atoms in total. The lowest BCUT2D eigenvalue weighted by atomic mass is 9.79. The van der Waals surface area contributed by atoms with Crippen molar-refractivity contribution >= 4 is 16.3 Å². The van der Waals surface area contributed by atoms with Crippen molar-refractivity contribution in [2.45, 2.75) is 59.0 Å². The molecule has 3 rings (SSSR count). The molecule has 0 spiro atoms. The minimum absolute atomic E-state index is 0.0795. The van der Waals surface area contributed by atoms with Gasteiger partial charge >= 0.3 is 0 Å². The van der Waals surface area contributed by atoms with Crippen molar-refractivity contribution in [3.63, 3.8) is 0 Å². The Morgan fingerprint density at radius 3 is 2.08 bits per heavy atom. The number of fused-ring (bicyclic) bond motifs is 1. The third-order valence-electron chi connectivity index (χ3n) is 4.24. The van der Waals surface area contributed by atoms with Gasteiger partial charge in [-0.15, -0.1) is 10.2 Å². The molecule has 0 amide bonds. The average molecular weight is 359 g/mol. The van der Waals surface area contributed by atoms with E-state index < -0.39 is 0 Å². The highest BCUT2D eigenvalue weighted by Gasteiger charge is 2.22. The standard InChI is InChI=1S/C19H26N4OS/c1-18(2,3)13-8-12(9-14(10-13)19(4,5)6)16-22-23-15(11-24-7)20-21-17(23)25-16/h8-10H,11H2,1-7H3. The van der Waals surface area contributed by atoms with E-state index >= 15 is 0 Å². The molecule has 0 bridgehead atoms. The quantitative estimate of drug-likeness (QED) is 0.687. The Balaban J connectivity index is 2.15. The molecule has 0 aliphatic heterocycles. The number of hydrogen-bond acceptors (Lipinski definition) is 5. The number of ether oxygens (including phenoxy) is 1. The van der Waals surface area contributed by atoms with Gasteiger partial charge in [0.15, 0.2) is 5.82 Å². The number of hydrogen-bond donors (Lipinski definition) is 0. The number of rotatable bonds is 3. The Labute approximate surface area is 153 Å². The van der Waals surface area contributed by atoms with Crippen molar-refractivity contribution in [2.24, 2.45) is 0 Å². The Hall–Kier alpha value is -1.79. The lowest BCUT2D eigenvalue weighted by Gasteiger charge is -2.25. The Kier molecular flexibility index (Phi) is 4.45. The van der Waals surface area contributed by atoms with Crippen LogP contribution in [0.4, 0.5) is 0 Å². The van der Waals surface area contributed by atoms with Crippen molar-refractivity contribution in [2.75, 3.05) is 7.11 Å². The molecular formula is C19H26N4OS. The molecule has 2 heterocycles. The molecule has 0 radical (unpaired) electrons. The summed E-state index contributed by atoms with van der Waals surface area (Å²) < 4.78 is 6.96. The van der Waals surface area contributed by atoms with Crippen molar-refractivity contribution in [1.82, 2.24) is 19.8 Å². The van der Waals surface area contributed by atoms with Gasteiger partial charge in [-0.05, 0) is 34.1 Å². The van der Waals surface area contributed by atoms with E-state index in [2.05, 4.69) is 69.9 Å². The molecular weight excluding hydrogens is 332 g/mol. The lowest BCUT2D eigenvalue weighted by Crippen LogP contribution is -2.16. The molecule has 1 aromatic carbocycles. The maximum Gasteiger partial charge on any atom is 0.235 e. The molecule has 0 aliphatic rings. The fraction of sp³-hybridized carbons (Fsp3) is 0.526. The molecule has 25 heavy (non-hydrogen) atoms. The minimum atomic E-state index is 0.0795. The summed E-state index contributed by atoms with van der Waals surface area (Å²) >= 11 is 1.56. The molecule has 0 atom stereocenters. The van der Waals surface area contributed by atoms with Crippen LogP contribution in [0.2, 0.25) is 0 Å². The average Bonchev–Trinajstić information content (AvgIpc) is 3.07. The zero-order valence-corrected chi connectivity index (χ0v) is 16.9. The number of benzene rings is 1. The molecule has 3 aromatic rings. The van der Waals surface area contributed by atoms with Gasteiger partial charge in [0.05, 0.1) is 0 Å². The lowest BCUT2D eigenvalue weighted by molar-refractivity contribution is 0.176. The summed E-state index contributed by atoms with van der Waals surface area (Å²) in [4.78, 5) is 0.792. The maximum atomic E-state index is 5.18. The number of nitrogens with zero attached hydrogens (tertiary/aromatic N) is 4. The smallest absolute Gasteiger partial charge is 0.235 e. The molecule has 0 saturated carbocycles. The minimum Gasteiger partial charge on any atom is -0.377 e. The van der Waals surface area contributed by atoms with Crippen LogP contribution in [-0.4, -0.2) is 26.9 Å². The van der Waals surface area contributed by atoms with Crippen LogP contribution in [-0.2, 0) is 22.2 Å². The van der Waals surface area contributed by atoms with Gasteiger partial charge in [-0.1, -0.05) is 58.9 Å². The number of aromatic nitrogens is 4. The van der Waals surface area contributed by atoms with Crippen LogP contribution in [0.5, 0.6) is 0 Å². The van der Waals surface area contributed by atoms with Crippen LogP contribution in [0.3, 0.4) is 0 Å². The van der Waals surface area contributed by atoms with Crippen LogP contribution >= 0.6 is 11.3 Å². The third kappa shape index (κ3) is 3.60. The summed E-state index contributed by atoms with van der Waals surface area (Å²) in [7, 11) is 1.65. The van der Waals surface area contributed by atoms with Crippen LogP contribution in [0.15, 0.2) is 18.2 Å². The van der Waals surface area contributed by atoms with Crippen molar-refractivity contribution < 1.29 is 4.74 Å². The first-order chi connectivity index (χ1) is 11.6. The molecule has 134 valence electrons. The predicted molar refractivity (Wildman–Crippen MR) is 102 cm³/mol. The number of methoxy groups -OCH3 is 1. The van der Waals surface area contributed by atoms with Gasteiger partial charge in [0.2, 0.25) is 4.96 Å². The zero-order chi connectivity index (χ0) is 18.4. The highest BCUT2D eigenvalue weighted by atomic mass is 32.1. The third-order valence-corrected chi connectivity index (χ3v) is 5.19. The molecule has 0 N–H and O–H groups in total. The first kappa shape index (κ1) is 18.0.